The smallest absolute Gasteiger partial charge is 0.383 e. The van der Waals surface area contributed by atoms with E-state index in [2.05, 4.69) is 4.98 Å². The number of anilines is 1. The Bertz CT molecular complexity index is 656. The monoisotopic (exact) mass is 285 g/mol. The van der Waals surface area contributed by atoms with Gasteiger partial charge in [-0.3, -0.25) is 0 Å². The molecule has 1 fully saturated rings. The van der Waals surface area contributed by atoms with E-state index in [1.807, 2.05) is 0 Å². The van der Waals surface area contributed by atoms with Crippen LogP contribution in [-0.2, 0) is 6.18 Å². The Balaban J connectivity index is 2.14. The number of nitrogens with two attached hydrogens (primary N) is 1. The van der Waals surface area contributed by atoms with E-state index in [1.54, 1.807) is 4.57 Å². The lowest BCUT2D eigenvalue weighted by Crippen LogP contribution is -2.09. The van der Waals surface area contributed by atoms with Crippen LogP contribution in [0.15, 0.2) is 24.5 Å². The highest BCUT2D eigenvalue weighted by Crippen LogP contribution is 2.42. The largest absolute Gasteiger partial charge is 0.417 e. The van der Waals surface area contributed by atoms with Gasteiger partial charge in [0.15, 0.2) is 0 Å². The Morgan fingerprint density at radius 2 is 1.95 bits per heavy atom. The zero-order valence-corrected chi connectivity index (χ0v) is 10.3. The molecule has 0 saturated heterocycles. The third-order valence-electron chi connectivity index (χ3n) is 3.31. The van der Waals surface area contributed by atoms with Gasteiger partial charge in [-0.15, -0.1) is 0 Å². The highest BCUT2D eigenvalue weighted by molar-refractivity contribution is 5.74. The molecular formula is C13H11F4N3. The molecule has 1 saturated carbocycles. The van der Waals surface area contributed by atoms with Crippen LogP contribution in [0.25, 0.3) is 11.3 Å². The third-order valence-corrected chi connectivity index (χ3v) is 3.31. The van der Waals surface area contributed by atoms with E-state index in [-0.39, 0.29) is 23.1 Å². The first-order chi connectivity index (χ1) is 9.38. The number of hydrogen-bond acceptors (Lipinski definition) is 2. The van der Waals surface area contributed by atoms with Gasteiger partial charge in [0.25, 0.3) is 0 Å². The summed E-state index contributed by atoms with van der Waals surface area (Å²) in [6, 6.07) is 2.71. The summed E-state index contributed by atoms with van der Waals surface area (Å²) in [6.45, 7) is 0. The maximum atomic E-state index is 13.1. The van der Waals surface area contributed by atoms with Crippen LogP contribution in [0.5, 0.6) is 0 Å². The van der Waals surface area contributed by atoms with Crippen LogP contribution in [0.2, 0.25) is 0 Å². The van der Waals surface area contributed by atoms with Crippen LogP contribution in [0.4, 0.5) is 23.4 Å². The summed E-state index contributed by atoms with van der Waals surface area (Å²) in [5.74, 6) is -0.758. The van der Waals surface area contributed by atoms with Gasteiger partial charge in [0, 0.05) is 11.6 Å². The van der Waals surface area contributed by atoms with Gasteiger partial charge < -0.3 is 10.3 Å². The minimum Gasteiger partial charge on any atom is -0.383 e. The maximum absolute atomic E-state index is 13.1. The molecule has 2 aromatic rings. The number of imidazole rings is 1. The summed E-state index contributed by atoms with van der Waals surface area (Å²) in [4.78, 5) is 3.97. The van der Waals surface area contributed by atoms with Gasteiger partial charge in [-0.2, -0.15) is 13.2 Å². The molecule has 1 aliphatic carbocycles. The normalized spacial score (nSPS) is 15.6. The number of benzene rings is 1. The number of nitrogens with zero attached hydrogens (tertiary/aromatic N) is 2. The van der Waals surface area contributed by atoms with Crippen molar-refractivity contribution in [2.75, 3.05) is 5.73 Å². The molecule has 1 aromatic carbocycles. The molecule has 0 amide bonds. The Hall–Kier alpha value is -2.05. The molecule has 0 atom stereocenters. The van der Waals surface area contributed by atoms with Gasteiger partial charge >= 0.3 is 6.18 Å². The quantitative estimate of drug-likeness (QED) is 0.856. The minimum atomic E-state index is -4.66. The summed E-state index contributed by atoms with van der Waals surface area (Å²) in [5, 5.41) is 0. The number of aromatic nitrogens is 2. The second-order valence-electron chi connectivity index (χ2n) is 4.80. The van der Waals surface area contributed by atoms with Crippen molar-refractivity contribution in [2.45, 2.75) is 25.1 Å². The standard InChI is InChI=1S/C13H11F4N3/c14-7-1-4-9(10(5-7)13(15,16)17)11-12(18)20(6-19-11)8-2-3-8/h1,4-6,8H,2-3,18H2. The molecule has 0 spiro atoms. The van der Waals surface area contributed by atoms with Gasteiger partial charge in [-0.25, -0.2) is 9.37 Å². The predicted molar refractivity (Wildman–Crippen MR) is 65.3 cm³/mol. The summed E-state index contributed by atoms with van der Waals surface area (Å²) in [7, 11) is 0. The number of rotatable bonds is 2. The molecular weight excluding hydrogens is 274 g/mol. The Morgan fingerprint density at radius 3 is 2.55 bits per heavy atom. The van der Waals surface area contributed by atoms with Crippen molar-refractivity contribution in [3.8, 4) is 11.3 Å². The first-order valence-electron chi connectivity index (χ1n) is 6.07. The van der Waals surface area contributed by atoms with Crippen LogP contribution < -0.4 is 5.73 Å². The summed E-state index contributed by atoms with van der Waals surface area (Å²) in [5.41, 5.74) is 4.65. The number of halogens is 4. The highest BCUT2D eigenvalue weighted by atomic mass is 19.4. The molecule has 3 nitrogen and oxygen atoms in total. The van der Waals surface area contributed by atoms with Gasteiger partial charge in [-0.1, -0.05) is 0 Å². The fraction of sp³-hybridized carbons (Fsp3) is 0.308. The molecule has 7 heteroatoms. The van der Waals surface area contributed by atoms with E-state index in [1.165, 1.54) is 6.33 Å². The van der Waals surface area contributed by atoms with E-state index < -0.39 is 17.6 Å². The molecule has 0 unspecified atom stereocenters. The summed E-state index contributed by atoms with van der Waals surface area (Å²) in [6.07, 6.45) is -1.34. The van der Waals surface area contributed by atoms with E-state index in [0.717, 1.165) is 25.0 Å². The molecule has 2 N–H and O–H groups in total. The maximum Gasteiger partial charge on any atom is 0.417 e. The highest BCUT2D eigenvalue weighted by Gasteiger charge is 2.36. The van der Waals surface area contributed by atoms with E-state index in [0.29, 0.717) is 6.07 Å². The van der Waals surface area contributed by atoms with Gasteiger partial charge in [0.1, 0.15) is 17.3 Å². The first-order valence-corrected chi connectivity index (χ1v) is 6.07. The van der Waals surface area contributed by atoms with Crippen molar-refractivity contribution in [2.24, 2.45) is 0 Å². The Morgan fingerprint density at radius 1 is 1.25 bits per heavy atom. The second-order valence-corrected chi connectivity index (χ2v) is 4.80. The minimum absolute atomic E-state index is 0.0456. The van der Waals surface area contributed by atoms with Crippen LogP contribution in [0.3, 0.4) is 0 Å². The van der Waals surface area contributed by atoms with Gasteiger partial charge in [0.2, 0.25) is 0 Å². The van der Waals surface area contributed by atoms with Crippen molar-refractivity contribution < 1.29 is 17.6 Å². The topological polar surface area (TPSA) is 43.8 Å². The Labute approximate surface area is 112 Å². The fourth-order valence-corrected chi connectivity index (χ4v) is 2.18. The number of hydrogen-bond donors (Lipinski definition) is 1. The van der Waals surface area contributed by atoms with Crippen LogP contribution in [-0.4, -0.2) is 9.55 Å². The van der Waals surface area contributed by atoms with Crippen molar-refractivity contribution >= 4 is 5.82 Å². The number of nitrogen functional groups attached to an aromatic ring is 1. The molecule has 1 aliphatic rings. The van der Waals surface area contributed by atoms with Crippen LogP contribution >= 0.6 is 0 Å². The van der Waals surface area contributed by atoms with Crippen molar-refractivity contribution in [3.05, 3.63) is 35.9 Å². The summed E-state index contributed by atoms with van der Waals surface area (Å²) >= 11 is 0. The predicted octanol–water partition coefficient (Wildman–Crippen LogP) is 3.63. The summed E-state index contributed by atoms with van der Waals surface area (Å²) < 4.78 is 53.7. The van der Waals surface area contributed by atoms with Crippen LogP contribution in [0.1, 0.15) is 24.4 Å². The van der Waals surface area contributed by atoms with Crippen molar-refractivity contribution in [1.82, 2.24) is 9.55 Å². The molecule has 1 aromatic heterocycles. The van der Waals surface area contributed by atoms with Gasteiger partial charge in [0.05, 0.1) is 11.9 Å². The van der Waals surface area contributed by atoms with Crippen LogP contribution in [0, 0.1) is 5.82 Å². The molecule has 20 heavy (non-hydrogen) atoms. The molecule has 3 rings (SSSR count). The second kappa shape index (κ2) is 4.22. The first kappa shape index (κ1) is 13.0. The Kier molecular flexibility index (Phi) is 2.74. The molecule has 106 valence electrons. The third kappa shape index (κ3) is 2.13. The van der Waals surface area contributed by atoms with E-state index >= 15 is 0 Å². The zero-order chi connectivity index (χ0) is 14.5. The molecule has 0 bridgehead atoms. The van der Waals surface area contributed by atoms with Gasteiger partial charge in [-0.05, 0) is 31.0 Å². The van der Waals surface area contributed by atoms with Crippen molar-refractivity contribution in [1.29, 1.82) is 0 Å². The molecule has 1 heterocycles. The fourth-order valence-electron chi connectivity index (χ4n) is 2.18. The average Bonchev–Trinajstić information content (AvgIpc) is 3.13. The van der Waals surface area contributed by atoms with Crippen molar-refractivity contribution in [3.63, 3.8) is 0 Å². The molecule has 0 radical (unpaired) electrons. The number of alkyl halides is 3. The molecule has 0 aliphatic heterocycles. The average molecular weight is 285 g/mol. The lowest BCUT2D eigenvalue weighted by atomic mass is 10.0. The SMILES string of the molecule is Nc1c(-c2ccc(F)cc2C(F)(F)F)ncn1C1CC1. The zero-order valence-electron chi connectivity index (χ0n) is 10.3. The lowest BCUT2D eigenvalue weighted by Gasteiger charge is -2.12. The van der Waals surface area contributed by atoms with E-state index in [4.69, 9.17) is 5.73 Å². The van der Waals surface area contributed by atoms with E-state index in [9.17, 15) is 17.6 Å². The lowest BCUT2D eigenvalue weighted by molar-refractivity contribution is -0.137.